The van der Waals surface area contributed by atoms with Crippen LogP contribution in [-0.4, -0.2) is 16.7 Å². The fourth-order valence-corrected chi connectivity index (χ4v) is 1.21. The van der Waals surface area contributed by atoms with Gasteiger partial charge in [-0.1, -0.05) is 30.7 Å². The fourth-order valence-electron chi connectivity index (χ4n) is 1.04. The summed E-state index contributed by atoms with van der Waals surface area (Å²) in [6.07, 6.45) is 0.369. The molecule has 0 aliphatic carbocycles. The number of hydrogen-bond acceptors (Lipinski definition) is 2. The summed E-state index contributed by atoms with van der Waals surface area (Å²) >= 11 is 5.87. The largest absolute Gasteiger partial charge is 0.478 e. The van der Waals surface area contributed by atoms with E-state index < -0.39 is 11.6 Å². The molecule has 0 aliphatic rings. The van der Waals surface area contributed by atoms with Gasteiger partial charge in [-0.05, 0) is 25.5 Å². The quantitative estimate of drug-likeness (QED) is 0.862. The van der Waals surface area contributed by atoms with Gasteiger partial charge in [0.25, 0.3) is 0 Å². The van der Waals surface area contributed by atoms with Crippen LogP contribution in [0.5, 0.6) is 5.75 Å². The zero-order valence-electron chi connectivity index (χ0n) is 8.66. The van der Waals surface area contributed by atoms with Crippen molar-refractivity contribution in [3.05, 3.63) is 29.3 Å². The minimum absolute atomic E-state index is 0.369. The summed E-state index contributed by atoms with van der Waals surface area (Å²) in [5.74, 6) is -0.601. The zero-order valence-corrected chi connectivity index (χ0v) is 9.41. The second-order valence-corrected chi connectivity index (χ2v) is 3.83. The van der Waals surface area contributed by atoms with Crippen molar-refractivity contribution in [2.75, 3.05) is 0 Å². The van der Waals surface area contributed by atoms with E-state index in [1.165, 1.54) is 6.92 Å². The molecule has 0 aliphatic heterocycles. The molecule has 0 bridgehead atoms. The van der Waals surface area contributed by atoms with E-state index in [2.05, 4.69) is 0 Å². The molecule has 0 heterocycles. The molecule has 1 atom stereocenters. The molecule has 1 N–H and O–H groups in total. The SMILES string of the molecule is CCC(C)(Oc1ccccc1Cl)C(=O)O. The first kappa shape index (κ1) is 11.9. The van der Waals surface area contributed by atoms with Crippen LogP contribution in [-0.2, 0) is 4.79 Å². The third-order valence-corrected chi connectivity index (χ3v) is 2.61. The third-order valence-electron chi connectivity index (χ3n) is 2.30. The lowest BCUT2D eigenvalue weighted by Gasteiger charge is -2.25. The topological polar surface area (TPSA) is 46.5 Å². The predicted octanol–water partition coefficient (Wildman–Crippen LogP) is 2.97. The molecule has 0 saturated carbocycles. The summed E-state index contributed by atoms with van der Waals surface area (Å²) in [7, 11) is 0. The van der Waals surface area contributed by atoms with E-state index in [9.17, 15) is 4.79 Å². The molecule has 1 aromatic rings. The van der Waals surface area contributed by atoms with Crippen molar-refractivity contribution in [3.8, 4) is 5.75 Å². The maximum Gasteiger partial charge on any atom is 0.347 e. The Kier molecular flexibility index (Phi) is 3.58. The monoisotopic (exact) mass is 228 g/mol. The minimum atomic E-state index is -1.23. The van der Waals surface area contributed by atoms with Crippen molar-refractivity contribution in [2.24, 2.45) is 0 Å². The van der Waals surface area contributed by atoms with Crippen LogP contribution in [0, 0.1) is 0 Å². The van der Waals surface area contributed by atoms with Gasteiger partial charge < -0.3 is 9.84 Å². The lowest BCUT2D eigenvalue weighted by atomic mass is 10.0. The van der Waals surface area contributed by atoms with Crippen molar-refractivity contribution in [1.82, 2.24) is 0 Å². The zero-order chi connectivity index (χ0) is 11.5. The molecule has 15 heavy (non-hydrogen) atoms. The Bertz CT molecular complexity index is 365. The Hall–Kier alpha value is -1.22. The van der Waals surface area contributed by atoms with Gasteiger partial charge in [0.15, 0.2) is 0 Å². The number of rotatable bonds is 4. The number of carboxylic acid groups (broad SMARTS) is 1. The van der Waals surface area contributed by atoms with Crippen molar-refractivity contribution < 1.29 is 14.6 Å². The van der Waals surface area contributed by atoms with Crippen molar-refractivity contribution in [2.45, 2.75) is 25.9 Å². The van der Waals surface area contributed by atoms with Crippen LogP contribution in [0.4, 0.5) is 0 Å². The molecule has 0 radical (unpaired) electrons. The van der Waals surface area contributed by atoms with Gasteiger partial charge >= 0.3 is 5.97 Å². The van der Waals surface area contributed by atoms with Crippen LogP contribution < -0.4 is 4.74 Å². The Morgan fingerprint density at radius 1 is 1.53 bits per heavy atom. The van der Waals surface area contributed by atoms with E-state index in [-0.39, 0.29) is 0 Å². The minimum Gasteiger partial charge on any atom is -0.478 e. The molecular weight excluding hydrogens is 216 g/mol. The van der Waals surface area contributed by atoms with Crippen LogP contribution in [0.3, 0.4) is 0 Å². The normalized spacial score (nSPS) is 14.3. The predicted molar refractivity (Wildman–Crippen MR) is 58.4 cm³/mol. The number of carboxylic acids is 1. The van der Waals surface area contributed by atoms with E-state index in [1.807, 2.05) is 0 Å². The lowest BCUT2D eigenvalue weighted by molar-refractivity contribution is -0.154. The van der Waals surface area contributed by atoms with Crippen LogP contribution in [0.25, 0.3) is 0 Å². The molecule has 1 aromatic carbocycles. The molecular formula is C11H13ClO3. The molecule has 82 valence electrons. The van der Waals surface area contributed by atoms with Gasteiger partial charge in [-0.2, -0.15) is 0 Å². The Balaban J connectivity index is 2.94. The van der Waals surface area contributed by atoms with Crippen LogP contribution in [0.15, 0.2) is 24.3 Å². The smallest absolute Gasteiger partial charge is 0.347 e. The van der Waals surface area contributed by atoms with Gasteiger partial charge in [-0.15, -0.1) is 0 Å². The highest BCUT2D eigenvalue weighted by molar-refractivity contribution is 6.32. The Morgan fingerprint density at radius 2 is 2.13 bits per heavy atom. The van der Waals surface area contributed by atoms with Gasteiger partial charge in [0, 0.05) is 0 Å². The molecule has 4 heteroatoms. The maximum absolute atomic E-state index is 11.0. The number of benzene rings is 1. The number of carbonyl (C=O) groups is 1. The summed E-state index contributed by atoms with van der Waals surface area (Å²) in [5, 5.41) is 9.43. The van der Waals surface area contributed by atoms with E-state index in [1.54, 1.807) is 31.2 Å². The van der Waals surface area contributed by atoms with Crippen molar-refractivity contribution in [3.63, 3.8) is 0 Å². The fraction of sp³-hybridized carbons (Fsp3) is 0.364. The third kappa shape index (κ3) is 2.63. The van der Waals surface area contributed by atoms with Gasteiger partial charge in [0.05, 0.1) is 5.02 Å². The number of halogens is 1. The van der Waals surface area contributed by atoms with Gasteiger partial charge in [-0.3, -0.25) is 0 Å². The Morgan fingerprint density at radius 3 is 2.60 bits per heavy atom. The summed E-state index contributed by atoms with van der Waals surface area (Å²) in [6.45, 7) is 3.28. The first-order valence-electron chi connectivity index (χ1n) is 4.66. The Labute approximate surface area is 93.6 Å². The summed E-state index contributed by atoms with van der Waals surface area (Å²) in [5.41, 5.74) is -1.23. The second-order valence-electron chi connectivity index (χ2n) is 3.42. The van der Waals surface area contributed by atoms with Crippen molar-refractivity contribution in [1.29, 1.82) is 0 Å². The average molecular weight is 229 g/mol. The number of para-hydroxylation sites is 1. The average Bonchev–Trinajstić information content (AvgIpc) is 2.21. The molecule has 0 spiro atoms. The van der Waals surface area contributed by atoms with E-state index in [0.717, 1.165) is 0 Å². The molecule has 0 amide bonds. The van der Waals surface area contributed by atoms with E-state index in [4.69, 9.17) is 21.4 Å². The van der Waals surface area contributed by atoms with E-state index in [0.29, 0.717) is 17.2 Å². The summed E-state index contributed by atoms with van der Waals surface area (Å²) in [4.78, 5) is 11.0. The van der Waals surface area contributed by atoms with Gasteiger partial charge in [0.1, 0.15) is 5.75 Å². The first-order valence-corrected chi connectivity index (χ1v) is 5.04. The highest BCUT2D eigenvalue weighted by Crippen LogP contribution is 2.28. The molecule has 3 nitrogen and oxygen atoms in total. The molecule has 1 unspecified atom stereocenters. The lowest BCUT2D eigenvalue weighted by Crippen LogP contribution is -2.40. The summed E-state index contributed by atoms with van der Waals surface area (Å²) < 4.78 is 5.41. The highest BCUT2D eigenvalue weighted by atomic mass is 35.5. The molecule has 0 aromatic heterocycles. The number of ether oxygens (including phenoxy) is 1. The molecule has 0 saturated heterocycles. The van der Waals surface area contributed by atoms with Crippen LogP contribution >= 0.6 is 11.6 Å². The van der Waals surface area contributed by atoms with Crippen molar-refractivity contribution >= 4 is 17.6 Å². The summed E-state index contributed by atoms with van der Waals surface area (Å²) in [6, 6.07) is 6.83. The van der Waals surface area contributed by atoms with Gasteiger partial charge in [-0.25, -0.2) is 4.79 Å². The maximum atomic E-state index is 11.0. The molecule has 1 rings (SSSR count). The number of aliphatic carboxylic acids is 1. The molecule has 0 fully saturated rings. The van der Waals surface area contributed by atoms with E-state index >= 15 is 0 Å². The van der Waals surface area contributed by atoms with Crippen LogP contribution in [0.1, 0.15) is 20.3 Å². The second kappa shape index (κ2) is 4.53. The van der Waals surface area contributed by atoms with Gasteiger partial charge in [0.2, 0.25) is 5.60 Å². The number of hydrogen-bond donors (Lipinski definition) is 1. The van der Waals surface area contributed by atoms with Crippen LogP contribution in [0.2, 0.25) is 5.02 Å². The first-order chi connectivity index (χ1) is 6.99. The standard InChI is InChI=1S/C11H13ClO3/c1-3-11(2,10(13)14)15-9-7-5-4-6-8(9)12/h4-7H,3H2,1-2H3,(H,13,14). The highest BCUT2D eigenvalue weighted by Gasteiger charge is 2.33.